The van der Waals surface area contributed by atoms with Crippen LogP contribution in [0.4, 0.5) is 0 Å². The van der Waals surface area contributed by atoms with Gasteiger partial charge >= 0.3 is 5.97 Å². The van der Waals surface area contributed by atoms with Crippen molar-refractivity contribution >= 4 is 23.8 Å². The van der Waals surface area contributed by atoms with E-state index in [1.165, 1.54) is 27.9 Å². The van der Waals surface area contributed by atoms with Gasteiger partial charge in [0.05, 0.1) is 5.69 Å². The van der Waals surface area contributed by atoms with Crippen molar-refractivity contribution in [2.24, 2.45) is 5.92 Å². The van der Waals surface area contributed by atoms with Gasteiger partial charge < -0.3 is 14.4 Å². The standard InChI is InChI=1S/C31H37N5O3/c1-3-7-21(4-2)28-26-11-10-23(31(37)38)17-27(26)35-19-24(16-22-8-5-6-9-25(22)29(28)35)30-32-33-34-36(30)18-20-12-14-39-15-13-20/h5-6,8-9,17,19-21H,3-4,7,10-16,18H2,1-2H3,(H,37,38). The molecule has 1 fully saturated rings. The van der Waals surface area contributed by atoms with E-state index in [1.807, 2.05) is 10.8 Å². The number of nitrogens with zero attached hydrogens (tertiary/aromatic N) is 5. The van der Waals surface area contributed by atoms with Crippen molar-refractivity contribution in [2.75, 3.05) is 13.2 Å². The molecule has 6 rings (SSSR count). The molecular formula is C31H37N5O3. The zero-order valence-corrected chi connectivity index (χ0v) is 22.9. The van der Waals surface area contributed by atoms with Gasteiger partial charge in [-0.1, -0.05) is 44.5 Å². The lowest BCUT2D eigenvalue weighted by Crippen LogP contribution is -2.22. The minimum atomic E-state index is -0.836. The first-order valence-electron chi connectivity index (χ1n) is 14.4. The molecule has 1 N–H and O–H groups in total. The Morgan fingerprint density at radius 2 is 2.00 bits per heavy atom. The molecule has 3 aliphatic rings. The van der Waals surface area contributed by atoms with E-state index in [4.69, 9.17) is 4.74 Å². The Balaban J connectivity index is 1.56. The SMILES string of the molecule is CCCC(CC)c1c2c(n3c1-c1ccccc1CC(c1nnnn1CC1CCOCC1)=C3)C=C(C(=O)O)CC2. The van der Waals surface area contributed by atoms with Crippen LogP contribution in [0.3, 0.4) is 0 Å². The molecule has 1 unspecified atom stereocenters. The molecule has 0 saturated carbocycles. The number of hydrogen-bond acceptors (Lipinski definition) is 5. The van der Waals surface area contributed by atoms with Gasteiger partial charge in [-0.15, -0.1) is 5.10 Å². The van der Waals surface area contributed by atoms with Crippen LogP contribution in [-0.4, -0.2) is 49.1 Å². The zero-order chi connectivity index (χ0) is 26.9. The number of aliphatic carboxylic acids is 1. The van der Waals surface area contributed by atoms with Crippen LogP contribution in [0.15, 0.2) is 29.8 Å². The van der Waals surface area contributed by atoms with Crippen LogP contribution in [-0.2, 0) is 28.9 Å². The Morgan fingerprint density at radius 1 is 1.18 bits per heavy atom. The number of fused-ring (bicyclic) bond motifs is 5. The van der Waals surface area contributed by atoms with Crippen LogP contribution >= 0.6 is 0 Å². The number of tetrazole rings is 1. The maximum Gasteiger partial charge on any atom is 0.331 e. The van der Waals surface area contributed by atoms with Crippen LogP contribution in [0.2, 0.25) is 0 Å². The van der Waals surface area contributed by atoms with Crippen LogP contribution in [0.5, 0.6) is 0 Å². The molecule has 1 saturated heterocycles. The summed E-state index contributed by atoms with van der Waals surface area (Å²) in [6.07, 6.45) is 11.4. The lowest BCUT2D eigenvalue weighted by atomic mass is 9.83. The van der Waals surface area contributed by atoms with Crippen molar-refractivity contribution in [2.45, 2.75) is 77.7 Å². The molecule has 39 heavy (non-hydrogen) atoms. The van der Waals surface area contributed by atoms with Gasteiger partial charge in [0.1, 0.15) is 0 Å². The van der Waals surface area contributed by atoms with E-state index in [9.17, 15) is 9.90 Å². The molecule has 0 amide bonds. The summed E-state index contributed by atoms with van der Waals surface area (Å²) in [6, 6.07) is 8.64. The predicted octanol–water partition coefficient (Wildman–Crippen LogP) is 5.83. The maximum atomic E-state index is 12.1. The summed E-state index contributed by atoms with van der Waals surface area (Å²) in [6.45, 7) is 6.86. The minimum absolute atomic E-state index is 0.418. The molecule has 1 atom stereocenters. The van der Waals surface area contributed by atoms with Crippen molar-refractivity contribution in [3.8, 4) is 11.3 Å². The molecule has 0 spiro atoms. The fraction of sp³-hybridized carbons (Fsp3) is 0.484. The van der Waals surface area contributed by atoms with Crippen LogP contribution in [0.1, 0.15) is 86.5 Å². The number of hydrogen-bond donors (Lipinski definition) is 1. The summed E-state index contributed by atoms with van der Waals surface area (Å²) >= 11 is 0. The van der Waals surface area contributed by atoms with Gasteiger partial charge in [-0.2, -0.15) is 0 Å². The normalized spacial score (nSPS) is 17.9. The lowest BCUT2D eigenvalue weighted by molar-refractivity contribution is -0.132. The van der Waals surface area contributed by atoms with Crippen LogP contribution in [0, 0.1) is 5.92 Å². The summed E-state index contributed by atoms with van der Waals surface area (Å²) in [5.74, 6) is 0.854. The fourth-order valence-corrected chi connectivity index (χ4v) is 6.69. The molecule has 204 valence electrons. The zero-order valence-electron chi connectivity index (χ0n) is 22.9. The average Bonchev–Trinajstić information content (AvgIpc) is 3.49. The molecule has 2 aromatic heterocycles. The van der Waals surface area contributed by atoms with E-state index >= 15 is 0 Å². The number of allylic oxidation sites excluding steroid dienone is 1. The van der Waals surface area contributed by atoms with Crippen molar-refractivity contribution in [1.82, 2.24) is 24.8 Å². The van der Waals surface area contributed by atoms with Crippen molar-refractivity contribution in [1.29, 1.82) is 0 Å². The summed E-state index contributed by atoms with van der Waals surface area (Å²) in [5, 5.41) is 22.9. The highest BCUT2D eigenvalue weighted by molar-refractivity contribution is 5.95. The summed E-state index contributed by atoms with van der Waals surface area (Å²) in [7, 11) is 0. The third kappa shape index (κ3) is 4.75. The number of benzene rings is 1. The van der Waals surface area contributed by atoms with Crippen molar-refractivity contribution < 1.29 is 14.6 Å². The highest BCUT2D eigenvalue weighted by Gasteiger charge is 2.32. The molecule has 8 heteroatoms. The van der Waals surface area contributed by atoms with Crippen LogP contribution in [0.25, 0.3) is 29.1 Å². The first-order valence-corrected chi connectivity index (χ1v) is 14.4. The summed E-state index contributed by atoms with van der Waals surface area (Å²) in [5.41, 5.74) is 8.86. The Hall–Kier alpha value is -3.52. The molecule has 0 radical (unpaired) electrons. The summed E-state index contributed by atoms with van der Waals surface area (Å²) in [4.78, 5) is 12.1. The van der Waals surface area contributed by atoms with Crippen molar-refractivity contribution in [3.05, 3.63) is 58.0 Å². The fourth-order valence-electron chi connectivity index (χ4n) is 6.69. The number of aromatic nitrogens is 5. The summed E-state index contributed by atoms with van der Waals surface area (Å²) < 4.78 is 9.78. The minimum Gasteiger partial charge on any atom is -0.478 e. The number of rotatable bonds is 8. The maximum absolute atomic E-state index is 12.1. The van der Waals surface area contributed by atoms with E-state index < -0.39 is 5.97 Å². The Labute approximate surface area is 229 Å². The quantitative estimate of drug-likeness (QED) is 0.396. The molecule has 4 heterocycles. The molecule has 2 aliphatic heterocycles. The predicted molar refractivity (Wildman–Crippen MR) is 151 cm³/mol. The highest BCUT2D eigenvalue weighted by atomic mass is 16.5. The van der Waals surface area contributed by atoms with Crippen LogP contribution < -0.4 is 0 Å². The van der Waals surface area contributed by atoms with Gasteiger partial charge in [-0.25, -0.2) is 9.48 Å². The van der Waals surface area contributed by atoms with E-state index in [0.29, 0.717) is 30.3 Å². The van der Waals surface area contributed by atoms with Gasteiger partial charge in [0.25, 0.3) is 0 Å². The first-order chi connectivity index (χ1) is 19.1. The molecule has 1 aliphatic carbocycles. The highest BCUT2D eigenvalue weighted by Crippen LogP contribution is 2.46. The number of carboxylic acid groups (broad SMARTS) is 1. The second-order valence-electron chi connectivity index (χ2n) is 11.1. The smallest absolute Gasteiger partial charge is 0.331 e. The molecule has 1 aromatic carbocycles. The van der Waals surface area contributed by atoms with Gasteiger partial charge in [0.2, 0.25) is 0 Å². The Bertz CT molecular complexity index is 1440. The van der Waals surface area contributed by atoms with E-state index in [2.05, 4.69) is 64.4 Å². The lowest BCUT2D eigenvalue weighted by Gasteiger charge is -2.22. The molecule has 3 aromatic rings. The van der Waals surface area contributed by atoms with Gasteiger partial charge in [0, 0.05) is 54.8 Å². The Morgan fingerprint density at radius 3 is 2.77 bits per heavy atom. The van der Waals surface area contributed by atoms with E-state index in [0.717, 1.165) is 75.4 Å². The topological polar surface area (TPSA) is 95.1 Å². The largest absolute Gasteiger partial charge is 0.478 e. The number of carboxylic acids is 1. The van der Waals surface area contributed by atoms with Crippen molar-refractivity contribution in [3.63, 3.8) is 0 Å². The molecule has 0 bridgehead atoms. The molecular weight excluding hydrogens is 490 g/mol. The third-order valence-corrected chi connectivity index (χ3v) is 8.69. The number of ether oxygens (including phenoxy) is 1. The first kappa shape index (κ1) is 25.7. The average molecular weight is 528 g/mol. The number of carbonyl (C=O) groups is 1. The third-order valence-electron chi connectivity index (χ3n) is 8.69. The van der Waals surface area contributed by atoms with Gasteiger partial charge in [0.15, 0.2) is 5.82 Å². The van der Waals surface area contributed by atoms with Gasteiger partial charge in [-0.05, 0) is 83.6 Å². The monoisotopic (exact) mass is 527 g/mol. The molecule has 8 nitrogen and oxygen atoms in total. The van der Waals surface area contributed by atoms with Gasteiger partial charge in [-0.3, -0.25) is 0 Å². The van der Waals surface area contributed by atoms with E-state index in [1.54, 1.807) is 0 Å². The Kier molecular flexibility index (Phi) is 7.21. The second kappa shape index (κ2) is 10.9. The van der Waals surface area contributed by atoms with E-state index in [-0.39, 0.29) is 0 Å². The second-order valence-corrected chi connectivity index (χ2v) is 11.1.